The number of nitrogens with zero attached hydrogens (tertiary/aromatic N) is 1. The summed E-state index contributed by atoms with van der Waals surface area (Å²) in [6, 6.07) is 14.3. The SMILES string of the molecule is COc1cc2c(cc1OCc1ccccc1)C(SC)=NC(C)(C)C2. The summed E-state index contributed by atoms with van der Waals surface area (Å²) >= 11 is 1.68. The zero-order chi connectivity index (χ0) is 17.2. The van der Waals surface area contributed by atoms with Gasteiger partial charge in [-0.1, -0.05) is 30.3 Å². The second kappa shape index (κ2) is 6.89. The van der Waals surface area contributed by atoms with E-state index in [1.807, 2.05) is 18.2 Å². The van der Waals surface area contributed by atoms with Gasteiger partial charge in [0.1, 0.15) is 6.61 Å². The van der Waals surface area contributed by atoms with Gasteiger partial charge in [-0.15, -0.1) is 11.8 Å². The zero-order valence-electron chi connectivity index (χ0n) is 14.6. The molecule has 0 radical (unpaired) electrons. The van der Waals surface area contributed by atoms with Crippen molar-refractivity contribution in [2.24, 2.45) is 4.99 Å². The number of hydrogen-bond acceptors (Lipinski definition) is 4. The molecule has 0 spiro atoms. The summed E-state index contributed by atoms with van der Waals surface area (Å²) in [5, 5.41) is 1.06. The molecule has 0 saturated heterocycles. The Labute approximate surface area is 148 Å². The Bertz CT molecular complexity index is 754. The van der Waals surface area contributed by atoms with Crippen molar-refractivity contribution in [3.8, 4) is 11.5 Å². The minimum absolute atomic E-state index is 0.0806. The van der Waals surface area contributed by atoms with Crippen LogP contribution in [0.4, 0.5) is 0 Å². The molecule has 126 valence electrons. The summed E-state index contributed by atoms with van der Waals surface area (Å²) in [4.78, 5) is 4.87. The fourth-order valence-corrected chi connectivity index (χ4v) is 3.70. The first kappa shape index (κ1) is 16.9. The Hall–Kier alpha value is -1.94. The van der Waals surface area contributed by atoms with E-state index in [0.29, 0.717) is 6.61 Å². The molecule has 0 saturated carbocycles. The van der Waals surface area contributed by atoms with E-state index in [1.54, 1.807) is 18.9 Å². The molecule has 0 amide bonds. The van der Waals surface area contributed by atoms with Gasteiger partial charge < -0.3 is 9.47 Å². The van der Waals surface area contributed by atoms with Crippen molar-refractivity contribution in [2.75, 3.05) is 13.4 Å². The molecule has 3 nitrogen and oxygen atoms in total. The molecule has 24 heavy (non-hydrogen) atoms. The summed E-state index contributed by atoms with van der Waals surface area (Å²) < 4.78 is 11.6. The first-order valence-corrected chi connectivity index (χ1v) is 9.27. The lowest BCUT2D eigenvalue weighted by Gasteiger charge is -2.29. The van der Waals surface area contributed by atoms with Crippen LogP contribution in [-0.4, -0.2) is 23.9 Å². The van der Waals surface area contributed by atoms with Crippen LogP contribution in [0.2, 0.25) is 0 Å². The van der Waals surface area contributed by atoms with Gasteiger partial charge in [-0.2, -0.15) is 0 Å². The lowest BCUT2D eigenvalue weighted by Crippen LogP contribution is -2.28. The first-order valence-electron chi connectivity index (χ1n) is 8.04. The van der Waals surface area contributed by atoms with Crippen LogP contribution in [-0.2, 0) is 13.0 Å². The maximum Gasteiger partial charge on any atom is 0.162 e. The molecule has 1 aliphatic heterocycles. The van der Waals surface area contributed by atoms with Crippen molar-refractivity contribution < 1.29 is 9.47 Å². The molecule has 0 unspecified atom stereocenters. The second-order valence-corrected chi connectivity index (χ2v) is 7.34. The van der Waals surface area contributed by atoms with E-state index in [4.69, 9.17) is 14.5 Å². The zero-order valence-corrected chi connectivity index (χ0v) is 15.4. The van der Waals surface area contributed by atoms with Gasteiger partial charge in [0.2, 0.25) is 0 Å². The van der Waals surface area contributed by atoms with E-state index < -0.39 is 0 Å². The fraction of sp³-hybridized carbons (Fsp3) is 0.350. The fourth-order valence-electron chi connectivity index (χ4n) is 2.95. The van der Waals surface area contributed by atoms with Crippen molar-refractivity contribution in [1.29, 1.82) is 0 Å². The van der Waals surface area contributed by atoms with Crippen LogP contribution >= 0.6 is 11.8 Å². The molecular formula is C20H23NO2S. The van der Waals surface area contributed by atoms with Crippen molar-refractivity contribution in [3.05, 3.63) is 59.2 Å². The number of ether oxygens (including phenoxy) is 2. The van der Waals surface area contributed by atoms with Gasteiger partial charge in [0.25, 0.3) is 0 Å². The minimum Gasteiger partial charge on any atom is -0.493 e. The Morgan fingerprint density at radius 3 is 2.54 bits per heavy atom. The number of aliphatic imine (C=N–C) groups is 1. The molecule has 0 aliphatic carbocycles. The number of fused-ring (bicyclic) bond motifs is 1. The maximum absolute atomic E-state index is 6.04. The van der Waals surface area contributed by atoms with Crippen LogP contribution in [0.1, 0.15) is 30.5 Å². The highest BCUT2D eigenvalue weighted by atomic mass is 32.2. The molecule has 1 heterocycles. The molecule has 2 aromatic rings. The van der Waals surface area contributed by atoms with E-state index >= 15 is 0 Å². The summed E-state index contributed by atoms with van der Waals surface area (Å²) in [5.41, 5.74) is 3.48. The predicted molar refractivity (Wildman–Crippen MR) is 102 cm³/mol. The van der Waals surface area contributed by atoms with Gasteiger partial charge in [-0.25, -0.2) is 0 Å². The summed E-state index contributed by atoms with van der Waals surface area (Å²) in [5.74, 6) is 1.55. The highest BCUT2D eigenvalue weighted by Crippen LogP contribution is 2.38. The highest BCUT2D eigenvalue weighted by Gasteiger charge is 2.28. The van der Waals surface area contributed by atoms with E-state index in [1.165, 1.54) is 5.56 Å². The summed E-state index contributed by atoms with van der Waals surface area (Å²) in [6.07, 6.45) is 2.97. The van der Waals surface area contributed by atoms with Crippen molar-refractivity contribution >= 4 is 16.8 Å². The highest BCUT2D eigenvalue weighted by molar-refractivity contribution is 8.13. The number of methoxy groups -OCH3 is 1. The van der Waals surface area contributed by atoms with Gasteiger partial charge in [-0.05, 0) is 49.8 Å². The van der Waals surface area contributed by atoms with Crippen LogP contribution in [0.15, 0.2) is 47.5 Å². The number of benzene rings is 2. The lowest BCUT2D eigenvalue weighted by molar-refractivity contribution is 0.284. The smallest absolute Gasteiger partial charge is 0.162 e. The van der Waals surface area contributed by atoms with Crippen molar-refractivity contribution in [1.82, 2.24) is 0 Å². The third kappa shape index (κ3) is 3.59. The number of rotatable bonds is 4. The molecule has 0 bridgehead atoms. The molecule has 1 aliphatic rings. The average molecular weight is 341 g/mol. The monoisotopic (exact) mass is 341 g/mol. The maximum atomic E-state index is 6.04. The van der Waals surface area contributed by atoms with E-state index in [0.717, 1.165) is 34.1 Å². The van der Waals surface area contributed by atoms with Crippen molar-refractivity contribution in [2.45, 2.75) is 32.4 Å². The molecule has 0 fully saturated rings. The molecule has 2 aromatic carbocycles. The van der Waals surface area contributed by atoms with Gasteiger partial charge in [-0.3, -0.25) is 4.99 Å². The summed E-state index contributed by atoms with van der Waals surface area (Å²) in [7, 11) is 1.69. The van der Waals surface area contributed by atoms with E-state index in [-0.39, 0.29) is 5.54 Å². The number of thioether (sulfide) groups is 1. The minimum atomic E-state index is -0.0806. The normalized spacial score (nSPS) is 15.4. The first-order chi connectivity index (χ1) is 11.5. The van der Waals surface area contributed by atoms with Gasteiger partial charge in [0.15, 0.2) is 11.5 Å². The van der Waals surface area contributed by atoms with Crippen LogP contribution < -0.4 is 9.47 Å². The Kier molecular flexibility index (Phi) is 4.86. The third-order valence-corrected chi connectivity index (χ3v) is 4.78. The average Bonchev–Trinajstić information content (AvgIpc) is 2.58. The lowest BCUT2D eigenvalue weighted by atomic mass is 9.89. The predicted octanol–water partition coefficient (Wildman–Crippen LogP) is 4.72. The Balaban J connectivity index is 1.93. The van der Waals surface area contributed by atoms with Crippen LogP contribution in [0.5, 0.6) is 11.5 Å². The van der Waals surface area contributed by atoms with Gasteiger partial charge >= 0.3 is 0 Å². The Morgan fingerprint density at radius 1 is 1.12 bits per heavy atom. The van der Waals surface area contributed by atoms with E-state index in [2.05, 4.69) is 44.4 Å². The van der Waals surface area contributed by atoms with Crippen LogP contribution in [0.3, 0.4) is 0 Å². The molecule has 0 N–H and O–H groups in total. The van der Waals surface area contributed by atoms with Gasteiger partial charge in [0, 0.05) is 5.56 Å². The molecular weight excluding hydrogens is 318 g/mol. The molecule has 4 heteroatoms. The van der Waals surface area contributed by atoms with Crippen LogP contribution in [0, 0.1) is 0 Å². The molecule has 0 aromatic heterocycles. The largest absolute Gasteiger partial charge is 0.493 e. The second-order valence-electron chi connectivity index (χ2n) is 6.54. The van der Waals surface area contributed by atoms with Crippen molar-refractivity contribution in [3.63, 3.8) is 0 Å². The third-order valence-electron chi connectivity index (χ3n) is 4.08. The van der Waals surface area contributed by atoms with Gasteiger partial charge in [0.05, 0.1) is 17.7 Å². The Morgan fingerprint density at radius 2 is 1.88 bits per heavy atom. The number of hydrogen-bond donors (Lipinski definition) is 0. The summed E-state index contributed by atoms with van der Waals surface area (Å²) in [6.45, 7) is 4.85. The topological polar surface area (TPSA) is 30.8 Å². The van der Waals surface area contributed by atoms with Crippen LogP contribution in [0.25, 0.3) is 0 Å². The van der Waals surface area contributed by atoms with E-state index in [9.17, 15) is 0 Å². The quantitative estimate of drug-likeness (QED) is 0.806. The molecule has 0 atom stereocenters. The molecule has 3 rings (SSSR count). The standard InChI is InChI=1S/C20H23NO2S/c1-20(2)12-15-10-17(22-3)18(11-16(15)19(21-20)24-4)23-13-14-8-6-5-7-9-14/h5-11H,12-13H2,1-4H3.